The topological polar surface area (TPSA) is 41.6 Å². The monoisotopic (exact) mass is 217 g/mol. The van der Waals surface area contributed by atoms with Gasteiger partial charge in [0.25, 0.3) is 0 Å². The lowest BCUT2D eigenvalue weighted by atomic mass is 10.0. The average molecular weight is 217 g/mol. The summed E-state index contributed by atoms with van der Waals surface area (Å²) in [5.41, 5.74) is 5.64. The Labute approximate surface area is 97.2 Å². The highest BCUT2D eigenvalue weighted by Crippen LogP contribution is 2.08. The van der Waals surface area contributed by atoms with E-state index in [0.29, 0.717) is 5.96 Å². The van der Waals surface area contributed by atoms with Crippen molar-refractivity contribution in [3.8, 4) is 0 Å². The molecule has 0 saturated carbocycles. The van der Waals surface area contributed by atoms with Crippen LogP contribution in [0.15, 0.2) is 4.99 Å². The molecule has 15 heavy (non-hydrogen) atoms. The maximum absolute atomic E-state index is 5.64. The van der Waals surface area contributed by atoms with Crippen LogP contribution in [0, 0.1) is 5.92 Å². The summed E-state index contributed by atoms with van der Waals surface area (Å²) in [4.78, 5) is 6.09. The molecule has 0 saturated heterocycles. The minimum atomic E-state index is 0. The van der Waals surface area contributed by atoms with Crippen LogP contribution in [-0.2, 0) is 0 Å². The van der Waals surface area contributed by atoms with Gasteiger partial charge in [-0.05, 0) is 18.8 Å². The zero-order chi connectivity index (χ0) is 12.3. The molecule has 0 amide bonds. The molecular weight excluding hydrogens is 186 g/mol. The largest absolute Gasteiger partial charge is 0.370 e. The Morgan fingerprint density at radius 3 is 2.33 bits per heavy atom. The zero-order valence-corrected chi connectivity index (χ0v) is 11.4. The first kappa shape index (κ1) is 16.7. The Hall–Kier alpha value is -0.730. The molecule has 0 aliphatic heterocycles. The highest BCUT2D eigenvalue weighted by atomic mass is 15.2. The molecule has 0 aromatic rings. The first-order valence-electron chi connectivity index (χ1n) is 6.05. The molecule has 3 nitrogen and oxygen atoms in total. The van der Waals surface area contributed by atoms with Crippen LogP contribution in [0.2, 0.25) is 0 Å². The summed E-state index contributed by atoms with van der Waals surface area (Å²) in [6.07, 6.45) is 3.65. The Morgan fingerprint density at radius 2 is 1.93 bits per heavy atom. The SMILES string of the molecule is CC.CCC(C)CCCN=C(N)N(C)C.[HH]. The quantitative estimate of drug-likeness (QED) is 0.437. The zero-order valence-electron chi connectivity index (χ0n) is 11.4. The third-order valence-corrected chi connectivity index (χ3v) is 2.28. The maximum Gasteiger partial charge on any atom is 0.190 e. The van der Waals surface area contributed by atoms with E-state index in [1.54, 1.807) is 0 Å². The smallest absolute Gasteiger partial charge is 0.190 e. The lowest BCUT2D eigenvalue weighted by molar-refractivity contribution is 0.498. The predicted molar refractivity (Wildman–Crippen MR) is 72.3 cm³/mol. The van der Waals surface area contributed by atoms with Gasteiger partial charge in [-0.15, -0.1) is 0 Å². The Balaban J connectivity index is -0.000000529. The van der Waals surface area contributed by atoms with Crippen molar-refractivity contribution in [1.29, 1.82) is 0 Å². The third kappa shape index (κ3) is 11.2. The van der Waals surface area contributed by atoms with Crippen molar-refractivity contribution in [2.75, 3.05) is 20.6 Å². The van der Waals surface area contributed by atoms with E-state index < -0.39 is 0 Å². The van der Waals surface area contributed by atoms with Gasteiger partial charge in [-0.1, -0.05) is 34.1 Å². The summed E-state index contributed by atoms with van der Waals surface area (Å²) >= 11 is 0. The van der Waals surface area contributed by atoms with E-state index in [1.165, 1.54) is 12.8 Å². The van der Waals surface area contributed by atoms with Crippen molar-refractivity contribution < 1.29 is 1.43 Å². The Kier molecular flexibility index (Phi) is 12.6. The van der Waals surface area contributed by atoms with Gasteiger partial charge >= 0.3 is 0 Å². The number of aliphatic imine (C=N–C) groups is 1. The van der Waals surface area contributed by atoms with E-state index in [2.05, 4.69) is 18.8 Å². The summed E-state index contributed by atoms with van der Waals surface area (Å²) in [5.74, 6) is 1.44. The van der Waals surface area contributed by atoms with Crippen LogP contribution in [-0.4, -0.2) is 31.5 Å². The van der Waals surface area contributed by atoms with Crippen molar-refractivity contribution in [2.45, 2.75) is 47.0 Å². The minimum Gasteiger partial charge on any atom is -0.370 e. The molecule has 0 bridgehead atoms. The first-order chi connectivity index (χ1) is 7.07. The third-order valence-electron chi connectivity index (χ3n) is 2.28. The van der Waals surface area contributed by atoms with Crippen LogP contribution < -0.4 is 5.73 Å². The van der Waals surface area contributed by atoms with Crippen LogP contribution in [0.3, 0.4) is 0 Å². The molecule has 0 spiro atoms. The molecule has 0 aromatic heterocycles. The van der Waals surface area contributed by atoms with Crippen LogP contribution >= 0.6 is 0 Å². The van der Waals surface area contributed by atoms with Crippen LogP contribution in [0.25, 0.3) is 0 Å². The summed E-state index contributed by atoms with van der Waals surface area (Å²) < 4.78 is 0. The molecule has 1 unspecified atom stereocenters. The number of nitrogens with two attached hydrogens (primary N) is 1. The maximum atomic E-state index is 5.64. The second-order valence-electron chi connectivity index (χ2n) is 3.79. The van der Waals surface area contributed by atoms with Gasteiger partial charge < -0.3 is 10.6 Å². The van der Waals surface area contributed by atoms with Crippen LogP contribution in [0.4, 0.5) is 0 Å². The van der Waals surface area contributed by atoms with E-state index in [0.717, 1.165) is 18.9 Å². The van der Waals surface area contributed by atoms with Crippen molar-refractivity contribution in [2.24, 2.45) is 16.6 Å². The van der Waals surface area contributed by atoms with Gasteiger partial charge in [-0.2, -0.15) is 0 Å². The van der Waals surface area contributed by atoms with Gasteiger partial charge in [0, 0.05) is 22.1 Å². The summed E-state index contributed by atoms with van der Waals surface area (Å²) in [7, 11) is 3.82. The predicted octanol–water partition coefficient (Wildman–Crippen LogP) is 2.96. The Morgan fingerprint density at radius 1 is 1.40 bits per heavy atom. The van der Waals surface area contributed by atoms with E-state index in [1.807, 2.05) is 32.8 Å². The number of guanidine groups is 1. The molecule has 0 heterocycles. The molecule has 3 heteroatoms. The van der Waals surface area contributed by atoms with Crippen LogP contribution in [0.1, 0.15) is 48.4 Å². The van der Waals surface area contributed by atoms with Gasteiger partial charge in [0.1, 0.15) is 0 Å². The molecule has 0 aliphatic carbocycles. The van der Waals surface area contributed by atoms with Crippen molar-refractivity contribution in [3.05, 3.63) is 0 Å². The van der Waals surface area contributed by atoms with Gasteiger partial charge in [0.05, 0.1) is 0 Å². The fourth-order valence-electron chi connectivity index (χ4n) is 0.979. The van der Waals surface area contributed by atoms with Gasteiger partial charge in [0.2, 0.25) is 0 Å². The highest BCUT2D eigenvalue weighted by Gasteiger charge is 1.98. The number of hydrogen-bond donors (Lipinski definition) is 1. The second-order valence-corrected chi connectivity index (χ2v) is 3.79. The molecule has 0 aliphatic rings. The summed E-state index contributed by atoms with van der Waals surface area (Å²) in [6.45, 7) is 9.36. The molecule has 94 valence electrons. The molecular formula is C12H31N3. The first-order valence-corrected chi connectivity index (χ1v) is 6.05. The lowest BCUT2D eigenvalue weighted by Crippen LogP contribution is -2.30. The molecule has 0 aromatic carbocycles. The number of hydrogen-bond acceptors (Lipinski definition) is 1. The molecule has 0 rings (SSSR count). The summed E-state index contributed by atoms with van der Waals surface area (Å²) in [6, 6.07) is 0. The van der Waals surface area contributed by atoms with Crippen molar-refractivity contribution in [1.82, 2.24) is 4.90 Å². The standard InChI is InChI=1S/C10H23N3.C2H6.H2/c1-5-9(2)7-6-8-12-10(11)13(3)4;1-2;/h9H,5-8H2,1-4H3,(H2,11,12);1-2H3;1H. The Bertz CT molecular complexity index is 158. The van der Waals surface area contributed by atoms with Crippen molar-refractivity contribution >= 4 is 5.96 Å². The second kappa shape index (κ2) is 11.3. The van der Waals surface area contributed by atoms with Gasteiger partial charge in [-0.25, -0.2) is 0 Å². The molecule has 1 atom stereocenters. The minimum absolute atomic E-state index is 0. The molecule has 2 N–H and O–H groups in total. The van der Waals surface area contributed by atoms with Gasteiger partial charge in [0.15, 0.2) is 5.96 Å². The number of nitrogens with zero attached hydrogens (tertiary/aromatic N) is 2. The highest BCUT2D eigenvalue weighted by molar-refractivity contribution is 5.77. The lowest BCUT2D eigenvalue weighted by Gasteiger charge is -2.11. The summed E-state index contributed by atoms with van der Waals surface area (Å²) in [5, 5.41) is 0. The normalized spacial score (nSPS) is 12.8. The fraction of sp³-hybridized carbons (Fsp3) is 0.917. The van der Waals surface area contributed by atoms with E-state index in [4.69, 9.17) is 5.73 Å². The van der Waals surface area contributed by atoms with Gasteiger partial charge in [-0.3, -0.25) is 4.99 Å². The molecule has 0 fully saturated rings. The van der Waals surface area contributed by atoms with E-state index in [9.17, 15) is 0 Å². The average Bonchev–Trinajstić information content (AvgIpc) is 2.26. The van der Waals surface area contributed by atoms with Crippen molar-refractivity contribution in [3.63, 3.8) is 0 Å². The van der Waals surface area contributed by atoms with E-state index >= 15 is 0 Å². The fourth-order valence-corrected chi connectivity index (χ4v) is 0.979. The molecule has 0 radical (unpaired) electrons. The van der Waals surface area contributed by atoms with Crippen LogP contribution in [0.5, 0.6) is 0 Å². The number of rotatable bonds is 5. The van der Waals surface area contributed by atoms with E-state index in [-0.39, 0.29) is 1.43 Å².